The van der Waals surface area contributed by atoms with Gasteiger partial charge in [-0.05, 0) is 19.9 Å². The molecule has 0 aliphatic heterocycles. The van der Waals surface area contributed by atoms with Gasteiger partial charge in [0.15, 0.2) is 6.10 Å². The minimum atomic E-state index is -1.10. The lowest BCUT2D eigenvalue weighted by molar-refractivity contribution is -0.155. The van der Waals surface area contributed by atoms with Gasteiger partial charge >= 0.3 is 5.97 Å². The highest BCUT2D eigenvalue weighted by atomic mass is 16.6. The molecule has 0 aromatic rings. The molecule has 3 N–H and O–H groups in total. The molecule has 0 aromatic carbocycles. The fourth-order valence-corrected chi connectivity index (χ4v) is 0.717. The Morgan fingerprint density at radius 3 is 2.77 bits per heavy atom. The molecule has 0 bridgehead atoms. The molecule has 0 fully saturated rings. The summed E-state index contributed by atoms with van der Waals surface area (Å²) in [4.78, 5) is 10.9. The van der Waals surface area contributed by atoms with Crippen LogP contribution in [0.2, 0.25) is 0 Å². The van der Waals surface area contributed by atoms with Crippen LogP contribution < -0.4 is 5.73 Å². The van der Waals surface area contributed by atoms with Gasteiger partial charge in [-0.15, -0.1) is 0 Å². The summed E-state index contributed by atoms with van der Waals surface area (Å²) >= 11 is 0. The molecule has 0 spiro atoms. The van der Waals surface area contributed by atoms with E-state index in [1.165, 1.54) is 0 Å². The Morgan fingerprint density at radius 2 is 2.23 bits per heavy atom. The zero-order valence-corrected chi connectivity index (χ0v) is 7.86. The first-order valence-corrected chi connectivity index (χ1v) is 4.34. The molecule has 0 aliphatic carbocycles. The third-order valence-corrected chi connectivity index (χ3v) is 1.39. The number of nitrogens with two attached hydrogens (primary N) is 1. The number of hydrogen-bond acceptors (Lipinski definition) is 5. The highest BCUT2D eigenvalue weighted by Crippen LogP contribution is 1.93. The van der Waals surface area contributed by atoms with Gasteiger partial charge in [-0.25, -0.2) is 4.79 Å². The summed E-state index contributed by atoms with van der Waals surface area (Å²) in [5.74, 6) is -0.634. The van der Waals surface area contributed by atoms with Crippen molar-refractivity contribution in [3.8, 4) is 0 Å². The number of esters is 1. The van der Waals surface area contributed by atoms with Crippen molar-refractivity contribution in [2.24, 2.45) is 5.73 Å². The number of aliphatic hydroxyl groups excluding tert-OH is 1. The van der Waals surface area contributed by atoms with Crippen LogP contribution in [0.15, 0.2) is 0 Å². The van der Waals surface area contributed by atoms with Crippen LogP contribution in [0.3, 0.4) is 0 Å². The summed E-state index contributed by atoms with van der Waals surface area (Å²) in [6.45, 7) is 3.24. The Balaban J connectivity index is 3.38. The van der Waals surface area contributed by atoms with Crippen molar-refractivity contribution in [2.75, 3.05) is 26.4 Å². The Morgan fingerprint density at radius 1 is 1.54 bits per heavy atom. The van der Waals surface area contributed by atoms with Crippen LogP contribution in [0.5, 0.6) is 0 Å². The van der Waals surface area contributed by atoms with Gasteiger partial charge in [0.05, 0.1) is 6.61 Å². The third kappa shape index (κ3) is 6.51. The molecule has 13 heavy (non-hydrogen) atoms. The van der Waals surface area contributed by atoms with Crippen LogP contribution in [-0.2, 0) is 14.3 Å². The van der Waals surface area contributed by atoms with Crippen molar-refractivity contribution in [1.29, 1.82) is 0 Å². The Kier molecular flexibility index (Phi) is 7.57. The van der Waals surface area contributed by atoms with E-state index in [1.54, 1.807) is 0 Å². The number of ether oxygens (including phenoxy) is 2. The van der Waals surface area contributed by atoms with E-state index in [9.17, 15) is 4.79 Å². The van der Waals surface area contributed by atoms with Crippen molar-refractivity contribution in [2.45, 2.75) is 19.4 Å². The summed E-state index contributed by atoms with van der Waals surface area (Å²) in [6.07, 6.45) is -0.875. The zero-order chi connectivity index (χ0) is 10.1. The first-order valence-electron chi connectivity index (χ1n) is 4.34. The quantitative estimate of drug-likeness (QED) is 0.410. The maximum atomic E-state index is 10.9. The van der Waals surface area contributed by atoms with E-state index >= 15 is 0 Å². The van der Waals surface area contributed by atoms with Crippen LogP contribution in [0, 0.1) is 0 Å². The molecule has 5 heteroatoms. The smallest absolute Gasteiger partial charge is 0.335 e. The molecule has 0 radical (unpaired) electrons. The lowest BCUT2D eigenvalue weighted by atomic mass is 10.2. The van der Waals surface area contributed by atoms with E-state index < -0.39 is 12.1 Å². The molecule has 0 heterocycles. The number of rotatable bonds is 7. The molecular formula is C8H17NO4. The molecule has 0 rings (SSSR count). The van der Waals surface area contributed by atoms with Crippen LogP contribution in [0.1, 0.15) is 13.3 Å². The van der Waals surface area contributed by atoms with Gasteiger partial charge in [-0.3, -0.25) is 0 Å². The number of carbonyl (C=O) groups excluding carboxylic acids is 1. The van der Waals surface area contributed by atoms with Crippen molar-refractivity contribution < 1.29 is 19.4 Å². The largest absolute Gasteiger partial charge is 0.461 e. The normalized spacial score (nSPS) is 12.5. The average molecular weight is 191 g/mol. The summed E-state index contributed by atoms with van der Waals surface area (Å²) in [7, 11) is 0. The Labute approximate surface area is 77.8 Å². The highest BCUT2D eigenvalue weighted by molar-refractivity contribution is 5.74. The molecule has 0 amide bonds. The molecule has 5 nitrogen and oxygen atoms in total. The van der Waals surface area contributed by atoms with Gasteiger partial charge in [-0.1, -0.05) is 0 Å². The number of carbonyl (C=O) groups is 1. The molecule has 0 aliphatic rings. The van der Waals surface area contributed by atoms with Crippen LogP contribution in [0.4, 0.5) is 0 Å². The first kappa shape index (κ1) is 12.3. The predicted octanol–water partition coefficient (Wildman–Crippen LogP) is -0.724. The van der Waals surface area contributed by atoms with Gasteiger partial charge in [0, 0.05) is 6.61 Å². The minimum Gasteiger partial charge on any atom is -0.461 e. The second kappa shape index (κ2) is 7.97. The standard InChI is InChI=1S/C8H17NO4/c1-2-12-5-6-13-8(11)7(10)3-4-9/h7,10H,2-6,9H2,1H3/t7-/m0/s1. The van der Waals surface area contributed by atoms with E-state index in [2.05, 4.69) is 4.74 Å². The van der Waals surface area contributed by atoms with Crippen LogP contribution >= 0.6 is 0 Å². The number of aliphatic hydroxyl groups is 1. The minimum absolute atomic E-state index is 0.175. The average Bonchev–Trinajstić information content (AvgIpc) is 2.12. The first-order chi connectivity index (χ1) is 6.22. The Hall–Kier alpha value is -0.650. The van der Waals surface area contributed by atoms with E-state index in [0.717, 1.165) is 0 Å². The highest BCUT2D eigenvalue weighted by Gasteiger charge is 2.14. The summed E-state index contributed by atoms with van der Waals surface area (Å²) in [5, 5.41) is 9.08. The molecule has 0 unspecified atom stereocenters. The van der Waals surface area contributed by atoms with E-state index in [0.29, 0.717) is 13.2 Å². The van der Waals surface area contributed by atoms with E-state index in [-0.39, 0.29) is 19.6 Å². The Bertz CT molecular complexity index is 140. The lowest BCUT2D eigenvalue weighted by Gasteiger charge is -2.09. The van der Waals surface area contributed by atoms with Gasteiger partial charge in [-0.2, -0.15) is 0 Å². The van der Waals surface area contributed by atoms with Gasteiger partial charge < -0.3 is 20.3 Å². The lowest BCUT2D eigenvalue weighted by Crippen LogP contribution is -2.26. The fraction of sp³-hybridized carbons (Fsp3) is 0.875. The van der Waals surface area contributed by atoms with E-state index in [1.807, 2.05) is 6.92 Å². The van der Waals surface area contributed by atoms with Gasteiger partial charge in [0.25, 0.3) is 0 Å². The third-order valence-electron chi connectivity index (χ3n) is 1.39. The maximum absolute atomic E-state index is 10.9. The number of hydrogen-bond donors (Lipinski definition) is 2. The molecule has 78 valence electrons. The summed E-state index contributed by atoms with van der Waals surface area (Å²) in [5.41, 5.74) is 5.15. The van der Waals surface area contributed by atoms with Gasteiger partial charge in [0.1, 0.15) is 6.61 Å². The molecule has 0 saturated carbocycles. The van der Waals surface area contributed by atoms with Gasteiger partial charge in [0.2, 0.25) is 0 Å². The second-order valence-corrected chi connectivity index (χ2v) is 2.46. The molecule has 0 saturated heterocycles. The maximum Gasteiger partial charge on any atom is 0.335 e. The van der Waals surface area contributed by atoms with Crippen molar-refractivity contribution in [1.82, 2.24) is 0 Å². The second-order valence-electron chi connectivity index (χ2n) is 2.46. The van der Waals surface area contributed by atoms with Crippen LogP contribution in [0.25, 0.3) is 0 Å². The monoisotopic (exact) mass is 191 g/mol. The summed E-state index contributed by atoms with van der Waals surface area (Å²) < 4.78 is 9.63. The van der Waals surface area contributed by atoms with Crippen molar-refractivity contribution in [3.63, 3.8) is 0 Å². The predicted molar refractivity (Wildman–Crippen MR) is 47.1 cm³/mol. The summed E-state index contributed by atoms with van der Waals surface area (Å²) in [6, 6.07) is 0. The molecule has 1 atom stereocenters. The molecule has 0 aromatic heterocycles. The SMILES string of the molecule is CCOCCOC(=O)[C@@H](O)CCN. The zero-order valence-electron chi connectivity index (χ0n) is 7.86. The van der Waals surface area contributed by atoms with E-state index in [4.69, 9.17) is 15.6 Å². The topological polar surface area (TPSA) is 81.8 Å². The van der Waals surface area contributed by atoms with Crippen LogP contribution in [-0.4, -0.2) is 43.5 Å². The van der Waals surface area contributed by atoms with Crippen molar-refractivity contribution in [3.05, 3.63) is 0 Å². The van der Waals surface area contributed by atoms with Crippen molar-refractivity contribution >= 4 is 5.97 Å². The fourth-order valence-electron chi connectivity index (χ4n) is 0.717. The molecular weight excluding hydrogens is 174 g/mol.